The molecule has 0 aliphatic heterocycles. The van der Waals surface area contributed by atoms with Crippen molar-refractivity contribution >= 4 is 23.4 Å². The zero-order chi connectivity index (χ0) is 13.1. The Morgan fingerprint density at radius 1 is 1.28 bits per heavy atom. The third-order valence-electron chi connectivity index (χ3n) is 2.17. The lowest BCUT2D eigenvalue weighted by molar-refractivity contribution is 0.463. The molecule has 0 aliphatic rings. The molecule has 0 atom stereocenters. The van der Waals surface area contributed by atoms with Gasteiger partial charge < -0.3 is 15.9 Å². The van der Waals surface area contributed by atoms with Gasteiger partial charge in [-0.25, -0.2) is 5.84 Å². The van der Waals surface area contributed by atoms with E-state index in [9.17, 15) is 0 Å². The van der Waals surface area contributed by atoms with Gasteiger partial charge in [0.1, 0.15) is 11.6 Å². The first-order chi connectivity index (χ1) is 8.58. The lowest BCUT2D eigenvalue weighted by atomic mass is 10.2. The lowest BCUT2D eigenvalue weighted by Crippen LogP contribution is -2.10. The van der Waals surface area contributed by atoms with E-state index in [0.717, 1.165) is 5.56 Å². The molecule has 0 unspecified atom stereocenters. The van der Waals surface area contributed by atoms with Crippen molar-refractivity contribution in [3.05, 3.63) is 34.9 Å². The Balaban J connectivity index is 2.30. The number of hydrogen-bond donors (Lipinski definition) is 3. The van der Waals surface area contributed by atoms with Crippen LogP contribution in [0.2, 0.25) is 5.02 Å². The van der Waals surface area contributed by atoms with Crippen LogP contribution in [0.3, 0.4) is 0 Å². The van der Waals surface area contributed by atoms with Gasteiger partial charge >= 0.3 is 0 Å². The van der Waals surface area contributed by atoms with Crippen LogP contribution in [0.4, 0.5) is 11.8 Å². The number of hydrogen-bond acceptors (Lipinski definition) is 6. The lowest BCUT2D eigenvalue weighted by Gasteiger charge is -2.08. The van der Waals surface area contributed by atoms with Crippen LogP contribution < -0.4 is 21.7 Å². The van der Waals surface area contributed by atoms with Crippen LogP contribution in [0.15, 0.2) is 24.3 Å². The van der Waals surface area contributed by atoms with Gasteiger partial charge in [0.05, 0.1) is 5.02 Å². The Morgan fingerprint density at radius 2 is 2.06 bits per heavy atom. The van der Waals surface area contributed by atoms with Crippen LogP contribution in [-0.2, 0) is 0 Å². The highest BCUT2D eigenvalue weighted by Gasteiger charge is 2.07. The van der Waals surface area contributed by atoms with Gasteiger partial charge in [0, 0.05) is 6.07 Å². The SMILES string of the molecule is Cc1ccc(Oc2cc(NN)nc(N)n2)c(Cl)c1. The smallest absolute Gasteiger partial charge is 0.226 e. The summed E-state index contributed by atoms with van der Waals surface area (Å²) < 4.78 is 5.53. The molecule has 0 spiro atoms. The van der Waals surface area contributed by atoms with E-state index in [1.807, 2.05) is 13.0 Å². The summed E-state index contributed by atoms with van der Waals surface area (Å²) in [6.45, 7) is 1.94. The fraction of sp³-hybridized carbons (Fsp3) is 0.0909. The predicted molar refractivity (Wildman–Crippen MR) is 70.5 cm³/mol. The summed E-state index contributed by atoms with van der Waals surface area (Å²) in [7, 11) is 0. The summed E-state index contributed by atoms with van der Waals surface area (Å²) in [5.41, 5.74) is 8.93. The minimum atomic E-state index is 0.0590. The second-order valence-corrected chi connectivity index (χ2v) is 4.04. The number of anilines is 2. The van der Waals surface area contributed by atoms with E-state index in [1.165, 1.54) is 6.07 Å². The number of nitrogens with one attached hydrogen (secondary N) is 1. The van der Waals surface area contributed by atoms with E-state index in [4.69, 9.17) is 27.9 Å². The van der Waals surface area contributed by atoms with Gasteiger partial charge in [-0.15, -0.1) is 0 Å². The second kappa shape index (κ2) is 5.07. The largest absolute Gasteiger partial charge is 0.437 e. The fourth-order valence-electron chi connectivity index (χ4n) is 1.37. The number of halogens is 1. The van der Waals surface area contributed by atoms with E-state index in [-0.39, 0.29) is 11.8 Å². The topological polar surface area (TPSA) is 99.1 Å². The summed E-state index contributed by atoms with van der Waals surface area (Å²) in [4.78, 5) is 7.78. The number of hydrazine groups is 1. The molecule has 1 heterocycles. The molecule has 0 saturated carbocycles. The number of nitrogens with two attached hydrogens (primary N) is 2. The summed E-state index contributed by atoms with van der Waals surface area (Å²) in [6.07, 6.45) is 0. The van der Waals surface area contributed by atoms with Gasteiger partial charge in [0.25, 0.3) is 0 Å². The van der Waals surface area contributed by atoms with Crippen LogP contribution in [0.1, 0.15) is 5.56 Å². The molecule has 0 amide bonds. The summed E-state index contributed by atoms with van der Waals surface area (Å²) in [5, 5.41) is 0.495. The predicted octanol–water partition coefficient (Wildman–Crippen LogP) is 2.10. The highest BCUT2D eigenvalue weighted by molar-refractivity contribution is 6.32. The third kappa shape index (κ3) is 2.79. The first-order valence-corrected chi connectivity index (χ1v) is 5.51. The van der Waals surface area contributed by atoms with E-state index < -0.39 is 0 Å². The van der Waals surface area contributed by atoms with Crippen molar-refractivity contribution in [1.82, 2.24) is 9.97 Å². The van der Waals surface area contributed by atoms with E-state index >= 15 is 0 Å². The van der Waals surface area contributed by atoms with Crippen LogP contribution in [-0.4, -0.2) is 9.97 Å². The Labute approximate surface area is 109 Å². The number of aryl methyl sites for hydroxylation is 1. The molecule has 6 nitrogen and oxygen atoms in total. The molecule has 7 heteroatoms. The molecule has 0 aliphatic carbocycles. The Bertz CT molecular complexity index is 575. The third-order valence-corrected chi connectivity index (χ3v) is 2.47. The van der Waals surface area contributed by atoms with Crippen molar-refractivity contribution in [2.75, 3.05) is 11.2 Å². The monoisotopic (exact) mass is 265 g/mol. The number of aromatic nitrogens is 2. The normalized spacial score (nSPS) is 10.2. The molecule has 2 aromatic rings. The Morgan fingerprint density at radius 3 is 2.72 bits per heavy atom. The molecule has 0 fully saturated rings. The van der Waals surface area contributed by atoms with Gasteiger partial charge in [-0.1, -0.05) is 17.7 Å². The molecular weight excluding hydrogens is 254 g/mol. The van der Waals surface area contributed by atoms with Crippen LogP contribution >= 0.6 is 11.6 Å². The number of benzene rings is 1. The first kappa shape index (κ1) is 12.4. The number of nitrogen functional groups attached to an aromatic ring is 2. The molecule has 2 rings (SSSR count). The molecule has 0 saturated heterocycles. The highest BCUT2D eigenvalue weighted by Crippen LogP contribution is 2.29. The van der Waals surface area contributed by atoms with Crippen molar-refractivity contribution in [3.63, 3.8) is 0 Å². The van der Waals surface area contributed by atoms with Gasteiger partial charge in [0.2, 0.25) is 11.8 Å². The summed E-state index contributed by atoms with van der Waals surface area (Å²) in [5.74, 6) is 6.43. The quantitative estimate of drug-likeness (QED) is 0.581. The van der Waals surface area contributed by atoms with E-state index in [1.54, 1.807) is 12.1 Å². The van der Waals surface area contributed by atoms with Crippen molar-refractivity contribution in [2.45, 2.75) is 6.92 Å². The average Bonchev–Trinajstić information content (AvgIpc) is 2.32. The minimum absolute atomic E-state index is 0.0590. The highest BCUT2D eigenvalue weighted by atomic mass is 35.5. The number of ether oxygens (including phenoxy) is 1. The van der Waals surface area contributed by atoms with Gasteiger partial charge in [-0.3, -0.25) is 0 Å². The number of nitrogens with zero attached hydrogens (tertiary/aromatic N) is 2. The second-order valence-electron chi connectivity index (χ2n) is 3.63. The van der Waals surface area contributed by atoms with E-state index in [2.05, 4.69) is 15.4 Å². The molecule has 0 radical (unpaired) electrons. The summed E-state index contributed by atoms with van der Waals surface area (Å²) in [6, 6.07) is 6.95. The first-order valence-electron chi connectivity index (χ1n) is 5.13. The molecule has 1 aromatic heterocycles. The minimum Gasteiger partial charge on any atom is -0.437 e. The molecule has 5 N–H and O–H groups in total. The zero-order valence-electron chi connectivity index (χ0n) is 9.64. The average molecular weight is 266 g/mol. The Kier molecular flexibility index (Phi) is 3.50. The maximum absolute atomic E-state index is 6.05. The van der Waals surface area contributed by atoms with Crippen LogP contribution in [0, 0.1) is 6.92 Å². The van der Waals surface area contributed by atoms with Crippen molar-refractivity contribution in [2.24, 2.45) is 5.84 Å². The maximum atomic E-state index is 6.05. The zero-order valence-corrected chi connectivity index (χ0v) is 10.4. The molecule has 94 valence electrons. The standard InChI is InChI=1S/C11H12ClN5O/c1-6-2-3-8(7(12)4-6)18-10-5-9(17-14)15-11(13)16-10/h2-5H,14H2,1H3,(H3,13,15,16,17). The van der Waals surface area contributed by atoms with Gasteiger partial charge in [0.15, 0.2) is 0 Å². The molecule has 0 bridgehead atoms. The number of rotatable bonds is 3. The van der Waals surface area contributed by atoms with Gasteiger partial charge in [-0.05, 0) is 24.6 Å². The maximum Gasteiger partial charge on any atom is 0.226 e. The van der Waals surface area contributed by atoms with Crippen LogP contribution in [0.25, 0.3) is 0 Å². The van der Waals surface area contributed by atoms with Crippen molar-refractivity contribution in [1.29, 1.82) is 0 Å². The molecule has 1 aromatic carbocycles. The fourth-order valence-corrected chi connectivity index (χ4v) is 1.64. The Hall–Kier alpha value is -2.05. The van der Waals surface area contributed by atoms with Crippen LogP contribution in [0.5, 0.6) is 11.6 Å². The molecular formula is C11H12ClN5O. The molecule has 18 heavy (non-hydrogen) atoms. The summed E-state index contributed by atoms with van der Waals surface area (Å²) >= 11 is 6.05. The van der Waals surface area contributed by atoms with E-state index in [0.29, 0.717) is 16.6 Å². The van der Waals surface area contributed by atoms with Crippen molar-refractivity contribution < 1.29 is 4.74 Å². The van der Waals surface area contributed by atoms with Crippen molar-refractivity contribution in [3.8, 4) is 11.6 Å². The van der Waals surface area contributed by atoms with Gasteiger partial charge in [-0.2, -0.15) is 9.97 Å².